The summed E-state index contributed by atoms with van der Waals surface area (Å²) < 4.78 is 5.28. The number of likely N-dealkylation sites (N-methyl/N-ethyl adjacent to an activating group) is 1. The first kappa shape index (κ1) is 18.5. The van der Waals surface area contributed by atoms with Crippen LogP contribution < -0.4 is 10.6 Å². The average Bonchev–Trinajstić information content (AvgIpc) is 3.30. The molecule has 2 aliphatic carbocycles. The first-order valence-corrected chi connectivity index (χ1v) is 9.28. The molecule has 2 saturated carbocycles. The number of nitrogens with one attached hydrogen (secondary N) is 2. The number of hydrogen-bond donors (Lipinski definition) is 2. The summed E-state index contributed by atoms with van der Waals surface area (Å²) in [5.74, 6) is 1.84. The molecule has 2 fully saturated rings. The highest BCUT2D eigenvalue weighted by molar-refractivity contribution is 5.79. The van der Waals surface area contributed by atoms with Crippen molar-refractivity contribution in [3.8, 4) is 0 Å². The van der Waals surface area contributed by atoms with Gasteiger partial charge in [0, 0.05) is 39.4 Å². The minimum atomic E-state index is 0.385. The van der Waals surface area contributed by atoms with Gasteiger partial charge in [-0.05, 0) is 64.5 Å². The SMILES string of the molecule is CCNC(=NCC1(CCOC)CCC1)NCC(C1CC1)N(C)C. The number of hydrogen-bond acceptors (Lipinski definition) is 3. The van der Waals surface area contributed by atoms with E-state index in [2.05, 4.69) is 36.6 Å². The zero-order valence-corrected chi connectivity index (χ0v) is 15.5. The first-order valence-electron chi connectivity index (χ1n) is 9.28. The lowest BCUT2D eigenvalue weighted by molar-refractivity contribution is 0.0778. The Bertz CT molecular complexity index is 373. The molecule has 23 heavy (non-hydrogen) atoms. The fourth-order valence-electron chi connectivity index (χ4n) is 3.52. The Labute approximate surface area is 142 Å². The van der Waals surface area contributed by atoms with Crippen molar-refractivity contribution in [1.29, 1.82) is 0 Å². The van der Waals surface area contributed by atoms with Gasteiger partial charge in [0.2, 0.25) is 0 Å². The van der Waals surface area contributed by atoms with E-state index >= 15 is 0 Å². The molecule has 0 aromatic heterocycles. The van der Waals surface area contributed by atoms with Crippen LogP contribution in [-0.2, 0) is 4.74 Å². The van der Waals surface area contributed by atoms with Gasteiger partial charge in [0.1, 0.15) is 0 Å². The van der Waals surface area contributed by atoms with E-state index in [1.54, 1.807) is 7.11 Å². The first-order chi connectivity index (χ1) is 11.1. The fourth-order valence-corrected chi connectivity index (χ4v) is 3.52. The largest absolute Gasteiger partial charge is 0.385 e. The van der Waals surface area contributed by atoms with E-state index in [0.717, 1.165) is 44.5 Å². The Morgan fingerprint density at radius 1 is 1.30 bits per heavy atom. The van der Waals surface area contributed by atoms with Crippen LogP contribution in [0, 0.1) is 11.3 Å². The number of ether oxygens (including phenoxy) is 1. The molecular formula is C18H36N4O. The second-order valence-electron chi connectivity index (χ2n) is 7.54. The van der Waals surface area contributed by atoms with Crippen LogP contribution in [-0.4, -0.2) is 64.3 Å². The van der Waals surface area contributed by atoms with Gasteiger partial charge in [0.25, 0.3) is 0 Å². The van der Waals surface area contributed by atoms with Crippen LogP contribution in [0.15, 0.2) is 4.99 Å². The second kappa shape index (κ2) is 8.88. The molecule has 0 aliphatic heterocycles. The Morgan fingerprint density at radius 2 is 2.04 bits per heavy atom. The van der Waals surface area contributed by atoms with Gasteiger partial charge in [-0.25, -0.2) is 0 Å². The number of aliphatic imine (C=N–C) groups is 1. The fraction of sp³-hybridized carbons (Fsp3) is 0.944. The van der Waals surface area contributed by atoms with E-state index < -0.39 is 0 Å². The molecule has 0 bridgehead atoms. The summed E-state index contributed by atoms with van der Waals surface area (Å²) in [6.45, 7) is 5.79. The Hall–Kier alpha value is -0.810. The quantitative estimate of drug-likeness (QED) is 0.477. The zero-order valence-electron chi connectivity index (χ0n) is 15.5. The van der Waals surface area contributed by atoms with E-state index in [9.17, 15) is 0 Å². The molecule has 0 saturated heterocycles. The van der Waals surface area contributed by atoms with Gasteiger partial charge >= 0.3 is 0 Å². The molecule has 0 spiro atoms. The van der Waals surface area contributed by atoms with Crippen LogP contribution >= 0.6 is 0 Å². The van der Waals surface area contributed by atoms with Gasteiger partial charge in [-0.2, -0.15) is 0 Å². The predicted octanol–water partition coefficient (Wildman–Crippen LogP) is 2.09. The van der Waals surface area contributed by atoms with Crippen LogP contribution in [0.5, 0.6) is 0 Å². The lowest BCUT2D eigenvalue weighted by atomic mass is 9.67. The molecule has 5 heteroatoms. The Morgan fingerprint density at radius 3 is 2.52 bits per heavy atom. The van der Waals surface area contributed by atoms with Crippen LogP contribution in [0.25, 0.3) is 0 Å². The maximum atomic E-state index is 5.28. The van der Waals surface area contributed by atoms with E-state index in [0.29, 0.717) is 11.5 Å². The van der Waals surface area contributed by atoms with Crippen LogP contribution in [0.4, 0.5) is 0 Å². The molecule has 0 aromatic carbocycles. The Kier molecular flexibility index (Phi) is 7.15. The minimum Gasteiger partial charge on any atom is -0.385 e. The minimum absolute atomic E-state index is 0.385. The molecule has 0 aromatic rings. The van der Waals surface area contributed by atoms with Crippen molar-refractivity contribution < 1.29 is 4.74 Å². The third kappa shape index (κ3) is 5.64. The topological polar surface area (TPSA) is 48.9 Å². The van der Waals surface area contributed by atoms with E-state index in [-0.39, 0.29) is 0 Å². The van der Waals surface area contributed by atoms with Crippen LogP contribution in [0.1, 0.15) is 45.4 Å². The predicted molar refractivity (Wildman–Crippen MR) is 97.0 cm³/mol. The van der Waals surface area contributed by atoms with Crippen molar-refractivity contribution in [2.75, 3.05) is 47.4 Å². The third-order valence-corrected chi connectivity index (χ3v) is 5.48. The number of guanidine groups is 1. The number of methoxy groups -OCH3 is 1. The monoisotopic (exact) mass is 324 g/mol. The average molecular weight is 325 g/mol. The third-order valence-electron chi connectivity index (χ3n) is 5.48. The molecule has 2 N–H and O–H groups in total. The number of nitrogens with zero attached hydrogens (tertiary/aromatic N) is 2. The van der Waals surface area contributed by atoms with Gasteiger partial charge in [0.15, 0.2) is 5.96 Å². The molecule has 1 atom stereocenters. The molecule has 5 nitrogen and oxygen atoms in total. The van der Waals surface area contributed by atoms with E-state index in [1.807, 2.05) is 0 Å². The molecule has 0 amide bonds. The van der Waals surface area contributed by atoms with E-state index in [4.69, 9.17) is 9.73 Å². The molecule has 2 rings (SSSR count). The van der Waals surface area contributed by atoms with Crippen molar-refractivity contribution in [3.05, 3.63) is 0 Å². The highest BCUT2D eigenvalue weighted by Crippen LogP contribution is 2.44. The number of rotatable bonds is 10. The summed E-state index contributed by atoms with van der Waals surface area (Å²) in [6.07, 6.45) is 7.81. The Balaban J connectivity index is 1.86. The summed E-state index contributed by atoms with van der Waals surface area (Å²) >= 11 is 0. The summed E-state index contributed by atoms with van der Waals surface area (Å²) in [5, 5.41) is 6.97. The van der Waals surface area contributed by atoms with Crippen molar-refractivity contribution in [2.45, 2.75) is 51.5 Å². The molecular weight excluding hydrogens is 288 g/mol. The van der Waals surface area contributed by atoms with Gasteiger partial charge in [-0.15, -0.1) is 0 Å². The standard InChI is InChI=1S/C18H36N4O/c1-5-19-17(20-13-16(22(2)3)15-7-8-15)21-14-18(9-6-10-18)11-12-23-4/h15-16H,5-14H2,1-4H3,(H2,19,20,21). The maximum absolute atomic E-state index is 5.28. The zero-order chi connectivity index (χ0) is 16.7. The lowest BCUT2D eigenvalue weighted by Crippen LogP contribution is -2.46. The normalized spacial score (nSPS) is 21.9. The lowest BCUT2D eigenvalue weighted by Gasteiger charge is -2.40. The summed E-state index contributed by atoms with van der Waals surface area (Å²) in [6, 6.07) is 0.616. The van der Waals surface area contributed by atoms with Crippen molar-refractivity contribution in [2.24, 2.45) is 16.3 Å². The molecule has 0 radical (unpaired) electrons. The highest BCUT2D eigenvalue weighted by atomic mass is 16.5. The second-order valence-corrected chi connectivity index (χ2v) is 7.54. The summed E-state index contributed by atoms with van der Waals surface area (Å²) in [7, 11) is 6.16. The van der Waals surface area contributed by atoms with Gasteiger partial charge in [-0.1, -0.05) is 6.42 Å². The molecule has 134 valence electrons. The van der Waals surface area contributed by atoms with Crippen molar-refractivity contribution >= 4 is 5.96 Å². The maximum Gasteiger partial charge on any atom is 0.191 e. The van der Waals surface area contributed by atoms with Gasteiger partial charge in [-0.3, -0.25) is 4.99 Å². The van der Waals surface area contributed by atoms with Crippen molar-refractivity contribution in [1.82, 2.24) is 15.5 Å². The summed E-state index contributed by atoms with van der Waals surface area (Å²) in [4.78, 5) is 7.24. The summed E-state index contributed by atoms with van der Waals surface area (Å²) in [5.41, 5.74) is 0.385. The molecule has 0 heterocycles. The van der Waals surface area contributed by atoms with Gasteiger partial charge < -0.3 is 20.3 Å². The highest BCUT2D eigenvalue weighted by Gasteiger charge is 2.36. The van der Waals surface area contributed by atoms with E-state index in [1.165, 1.54) is 32.1 Å². The smallest absolute Gasteiger partial charge is 0.191 e. The molecule has 2 aliphatic rings. The van der Waals surface area contributed by atoms with Crippen LogP contribution in [0.2, 0.25) is 0 Å². The molecule has 1 unspecified atom stereocenters. The van der Waals surface area contributed by atoms with Crippen molar-refractivity contribution in [3.63, 3.8) is 0 Å². The van der Waals surface area contributed by atoms with Crippen LogP contribution in [0.3, 0.4) is 0 Å². The van der Waals surface area contributed by atoms with Gasteiger partial charge in [0.05, 0.1) is 0 Å².